The van der Waals surface area contributed by atoms with Crippen LogP contribution in [0.3, 0.4) is 0 Å². The second kappa shape index (κ2) is 17.4. The number of aromatic nitrogens is 3. The van der Waals surface area contributed by atoms with Crippen LogP contribution in [0, 0.1) is 0 Å². The maximum Gasteiger partial charge on any atom is 0.149 e. The van der Waals surface area contributed by atoms with E-state index in [2.05, 4.69) is 180 Å². The average Bonchev–Trinajstić information content (AvgIpc) is 3.70. The van der Waals surface area contributed by atoms with Crippen molar-refractivity contribution in [1.29, 1.82) is 0 Å². The lowest BCUT2D eigenvalue weighted by Gasteiger charge is -2.27. The van der Waals surface area contributed by atoms with Gasteiger partial charge in [-0.25, -0.2) is 4.98 Å². The number of phenolic OH excluding ortho intramolecular Hbond substituents is 1. The van der Waals surface area contributed by atoms with Gasteiger partial charge < -0.3 is 5.11 Å². The van der Waals surface area contributed by atoms with Crippen molar-refractivity contribution < 1.29 is 7.85 Å². The van der Waals surface area contributed by atoms with E-state index in [1.54, 1.807) is 0 Å². The summed E-state index contributed by atoms with van der Waals surface area (Å²) in [6.45, 7) is 20.7. The number of rotatable bonds is 9. The lowest BCUT2D eigenvalue weighted by molar-refractivity contribution is 0.446. The Bertz CT molecular complexity index is 3310. The average molecular weight is 866 g/mol. The van der Waals surface area contributed by atoms with Gasteiger partial charge in [0.1, 0.15) is 11.6 Å². The van der Waals surface area contributed by atoms with E-state index >= 15 is 0 Å². The molecule has 0 unspecified atom stereocenters. The summed E-state index contributed by atoms with van der Waals surface area (Å²) >= 11 is 0. The SMILES string of the molecule is [2H]C(C)(C)c1ccc(-c2ccnc(-c3cc(-c4ccccc4)cc(-c4cccc5c4nc(-c4cc(C(C)(C)C)cc(C(C)(C)C)c4O)n5-c4ccc(C([2H])(C)C)cc4-c4ccccc4)c3)c2)cc1. The highest BCUT2D eigenvalue weighted by atomic mass is 16.3. The standard InChI is InChI=1S/C62H61N3O/c1-39(2)41-24-26-43(27-25-41)46-30-31-63-55(36-46)49-33-47(42-18-13-11-14-19-42)32-48(34-49)51-22-17-23-57-58(51)64-60(53-37-50(61(5,6)7)38-54(59(53)66)62(8,9)10)65(57)56-29-28-45(40(3)4)35-52(56)44-20-15-12-16-21-44/h11-40,66H,1-10H3/i39D,40D. The Morgan fingerprint density at radius 3 is 1.77 bits per heavy atom. The molecule has 0 amide bonds. The summed E-state index contributed by atoms with van der Waals surface area (Å²) in [5, 5.41) is 12.6. The lowest BCUT2D eigenvalue weighted by atomic mass is 9.79. The van der Waals surface area contributed by atoms with Gasteiger partial charge in [-0.1, -0.05) is 178 Å². The molecule has 1 N–H and O–H groups in total. The summed E-state index contributed by atoms with van der Waals surface area (Å²) < 4.78 is 19.8. The summed E-state index contributed by atoms with van der Waals surface area (Å²) in [7, 11) is 0. The molecular weight excluding hydrogens is 803 g/mol. The number of benzene rings is 7. The smallest absolute Gasteiger partial charge is 0.149 e. The van der Waals surface area contributed by atoms with Gasteiger partial charge in [0.2, 0.25) is 0 Å². The molecule has 9 aromatic rings. The molecular formula is C62H61N3O. The number of hydrogen-bond acceptors (Lipinski definition) is 3. The van der Waals surface area contributed by atoms with Crippen LogP contribution in [0.4, 0.5) is 0 Å². The molecule has 0 bridgehead atoms. The summed E-state index contributed by atoms with van der Waals surface area (Å²) in [5.74, 6) is -0.678. The van der Waals surface area contributed by atoms with Crippen LogP contribution in [-0.2, 0) is 10.8 Å². The van der Waals surface area contributed by atoms with Crippen molar-refractivity contribution in [2.75, 3.05) is 0 Å². The largest absolute Gasteiger partial charge is 0.507 e. The van der Waals surface area contributed by atoms with Gasteiger partial charge in [-0.3, -0.25) is 9.55 Å². The van der Waals surface area contributed by atoms with Crippen LogP contribution < -0.4 is 0 Å². The summed E-state index contributed by atoms with van der Waals surface area (Å²) in [6, 6.07) is 56.9. The molecule has 0 atom stereocenters. The van der Waals surface area contributed by atoms with Crippen LogP contribution in [0.5, 0.6) is 5.75 Å². The molecule has 0 aliphatic rings. The molecule has 330 valence electrons. The van der Waals surface area contributed by atoms with Crippen LogP contribution in [0.1, 0.15) is 106 Å². The van der Waals surface area contributed by atoms with Gasteiger partial charge in [-0.05, 0) is 127 Å². The molecule has 0 spiro atoms. The number of aromatic hydroxyl groups is 1. The Kier molecular flexibility index (Phi) is 11.0. The van der Waals surface area contributed by atoms with Crippen LogP contribution in [0.15, 0.2) is 170 Å². The molecule has 2 heterocycles. The van der Waals surface area contributed by atoms with Crippen LogP contribution in [0.25, 0.3) is 83.9 Å². The highest BCUT2D eigenvalue weighted by Crippen LogP contribution is 2.46. The predicted octanol–water partition coefficient (Wildman–Crippen LogP) is 17.0. The Labute approximate surface area is 394 Å². The Balaban J connectivity index is 1.34. The van der Waals surface area contributed by atoms with Crippen molar-refractivity contribution in [3.63, 3.8) is 0 Å². The second-order valence-corrected chi connectivity index (χ2v) is 20.1. The van der Waals surface area contributed by atoms with Gasteiger partial charge in [-0.15, -0.1) is 0 Å². The number of fused-ring (bicyclic) bond motifs is 1. The summed E-state index contributed by atoms with van der Waals surface area (Å²) in [4.78, 5) is 10.6. The molecule has 0 aliphatic heterocycles. The van der Waals surface area contributed by atoms with E-state index < -0.39 is 11.8 Å². The van der Waals surface area contributed by atoms with Gasteiger partial charge in [0.15, 0.2) is 0 Å². The molecule has 0 radical (unpaired) electrons. The third-order valence-electron chi connectivity index (χ3n) is 12.8. The predicted molar refractivity (Wildman–Crippen MR) is 279 cm³/mol. The number of nitrogens with zero attached hydrogens (tertiary/aromatic N) is 3. The zero-order valence-electron chi connectivity index (χ0n) is 42.0. The van der Waals surface area contributed by atoms with E-state index in [1.807, 2.05) is 64.2 Å². The van der Waals surface area contributed by atoms with E-state index in [1.165, 1.54) is 0 Å². The van der Waals surface area contributed by atoms with E-state index in [-0.39, 0.29) is 16.6 Å². The monoisotopic (exact) mass is 865 g/mol. The van der Waals surface area contributed by atoms with Crippen molar-refractivity contribution in [3.05, 3.63) is 192 Å². The Morgan fingerprint density at radius 2 is 1.12 bits per heavy atom. The van der Waals surface area contributed by atoms with E-state index in [0.29, 0.717) is 11.4 Å². The minimum Gasteiger partial charge on any atom is -0.507 e. The third kappa shape index (κ3) is 8.61. The molecule has 0 saturated carbocycles. The van der Waals surface area contributed by atoms with Crippen LogP contribution in [-0.4, -0.2) is 19.6 Å². The number of imidazole rings is 1. The van der Waals surface area contributed by atoms with Crippen molar-refractivity contribution >= 4 is 11.0 Å². The highest BCUT2D eigenvalue weighted by Gasteiger charge is 2.29. The Hall–Kier alpha value is -7.04. The third-order valence-corrected chi connectivity index (χ3v) is 12.8. The molecule has 66 heavy (non-hydrogen) atoms. The van der Waals surface area contributed by atoms with Crippen molar-refractivity contribution in [2.24, 2.45) is 0 Å². The van der Waals surface area contributed by atoms with Crippen molar-refractivity contribution in [2.45, 2.75) is 91.9 Å². The normalized spacial score (nSPS) is 12.9. The minimum atomic E-state index is -0.837. The van der Waals surface area contributed by atoms with E-state index in [9.17, 15) is 5.11 Å². The second-order valence-electron chi connectivity index (χ2n) is 20.1. The van der Waals surface area contributed by atoms with Crippen molar-refractivity contribution in [3.8, 4) is 78.6 Å². The first kappa shape index (κ1) is 41.7. The number of phenols is 1. The molecule has 0 aliphatic carbocycles. The fourth-order valence-corrected chi connectivity index (χ4v) is 8.95. The van der Waals surface area contributed by atoms with Crippen LogP contribution in [0.2, 0.25) is 0 Å². The highest BCUT2D eigenvalue weighted by molar-refractivity contribution is 5.98. The first-order chi connectivity index (χ1) is 32.1. The topological polar surface area (TPSA) is 50.9 Å². The lowest BCUT2D eigenvalue weighted by Crippen LogP contribution is -2.17. The molecule has 0 saturated heterocycles. The first-order valence-corrected chi connectivity index (χ1v) is 23.0. The van der Waals surface area contributed by atoms with Gasteiger partial charge in [0.25, 0.3) is 0 Å². The summed E-state index contributed by atoms with van der Waals surface area (Å²) in [5.41, 5.74) is 16.4. The number of para-hydroxylation sites is 1. The first-order valence-electron chi connectivity index (χ1n) is 24.0. The van der Waals surface area contributed by atoms with Gasteiger partial charge in [-0.2, -0.15) is 0 Å². The van der Waals surface area contributed by atoms with Gasteiger partial charge >= 0.3 is 0 Å². The molecule has 7 aromatic carbocycles. The molecule has 0 fully saturated rings. The van der Waals surface area contributed by atoms with Gasteiger partial charge in [0.05, 0.1) is 28.0 Å². The number of hydrogen-bond donors (Lipinski definition) is 1. The maximum atomic E-state index is 12.6. The Morgan fingerprint density at radius 1 is 0.500 bits per heavy atom. The number of pyridine rings is 1. The zero-order valence-corrected chi connectivity index (χ0v) is 40.0. The fourth-order valence-electron chi connectivity index (χ4n) is 8.95. The fraction of sp³-hybridized carbons (Fsp3) is 0.226. The van der Waals surface area contributed by atoms with Gasteiger partial charge in [0, 0.05) is 31.2 Å². The maximum absolute atomic E-state index is 12.6. The molecule has 2 aromatic heterocycles. The van der Waals surface area contributed by atoms with Crippen molar-refractivity contribution in [1.82, 2.24) is 14.5 Å². The quantitative estimate of drug-likeness (QED) is 0.157. The van der Waals surface area contributed by atoms with E-state index in [0.717, 1.165) is 94.7 Å². The molecule has 4 nitrogen and oxygen atoms in total. The van der Waals surface area contributed by atoms with E-state index in [4.69, 9.17) is 12.7 Å². The van der Waals surface area contributed by atoms with Crippen LogP contribution >= 0.6 is 0 Å². The minimum absolute atomic E-state index is 0.214. The zero-order chi connectivity index (χ0) is 48.3. The molecule has 9 rings (SSSR count). The molecule has 4 heteroatoms. The summed E-state index contributed by atoms with van der Waals surface area (Å²) in [6.07, 6.45) is 1.87.